The molecule has 2 nitrogen and oxygen atoms in total. The smallest absolute Gasteiger partial charge is 0.347 e. The Hall–Kier alpha value is -2.14. The van der Waals surface area contributed by atoms with Gasteiger partial charge in [-0.1, -0.05) is 190 Å². The molecule has 2 atom stereocenters. The van der Waals surface area contributed by atoms with Gasteiger partial charge in [0.2, 0.25) is 0 Å². The van der Waals surface area contributed by atoms with Crippen molar-refractivity contribution in [1.29, 1.82) is 0 Å². The summed E-state index contributed by atoms with van der Waals surface area (Å²) in [6, 6.07) is 14.5. The highest BCUT2D eigenvalue weighted by Crippen LogP contribution is 2.58. The fourth-order valence-corrected chi connectivity index (χ4v) is 16.2. The van der Waals surface area contributed by atoms with Crippen LogP contribution in [0.3, 0.4) is 0 Å². The van der Waals surface area contributed by atoms with E-state index in [1.165, 1.54) is 144 Å². The number of thioether (sulfide) groups is 2. The number of ether oxygens (including phenoxy) is 1. The minimum absolute atomic E-state index is 0.00863. The fourth-order valence-electron chi connectivity index (χ4n) is 8.86. The van der Waals surface area contributed by atoms with Crippen molar-refractivity contribution in [1.82, 2.24) is 0 Å². The third-order valence-corrected chi connectivity index (χ3v) is 21.5. The minimum Gasteiger partial charge on any atom is -0.462 e. The molecule has 0 amide bonds. The molecule has 5 heterocycles. The lowest BCUT2D eigenvalue weighted by molar-refractivity contribution is -0.138. The van der Waals surface area contributed by atoms with Crippen molar-refractivity contribution >= 4 is 99.9 Å². The van der Waals surface area contributed by atoms with Gasteiger partial charge in [-0.25, -0.2) is 9.18 Å². The van der Waals surface area contributed by atoms with Crippen LogP contribution < -0.4 is 0 Å². The fraction of sp³-hybridized carbons (Fsp3) is 0.576. The number of hydrogen-bond acceptors (Lipinski definition) is 8. The summed E-state index contributed by atoms with van der Waals surface area (Å²) in [5.41, 5.74) is 2.45. The largest absolute Gasteiger partial charge is 0.462 e. The topological polar surface area (TPSA) is 26.3 Å². The van der Waals surface area contributed by atoms with E-state index in [9.17, 15) is 4.79 Å². The quantitative estimate of drug-likeness (QED) is 0.0407. The van der Waals surface area contributed by atoms with Crippen LogP contribution in [0.25, 0.3) is 46.0 Å². The first-order chi connectivity index (χ1) is 32.5. The standard InChI is InChI=1S/C59H81FO2S6/c1-13-17-20-21-22-24-33-62-57(61)55-45(60)37-49(67-55)56(63-39(6)58(7,8)9)48-35-43-51(47-32-30-42(65-47)34-40(16-4)26-23-18-14-2)54-44(36-50(68-54)59(10,11)12)52(53(43)66-48)46-31-29-41(64-46)28-27-38(5)25-19-15-3/h29-32,35-36,38,40H,6,13-28,33-34,37H2,1-5,7-12H3/b56-49+. The third-order valence-electron chi connectivity index (χ3n) is 13.5. The number of halogens is 1. The number of carbonyl (C=O) groups is 1. The molecule has 0 N–H and O–H groups in total. The number of aryl methyl sites for hydroxylation is 1. The molecule has 0 radical (unpaired) electrons. The van der Waals surface area contributed by atoms with Gasteiger partial charge < -0.3 is 4.74 Å². The Kier molecular flexibility index (Phi) is 20.7. The van der Waals surface area contributed by atoms with Crippen molar-refractivity contribution in [2.24, 2.45) is 17.3 Å². The molecule has 0 aliphatic carbocycles. The summed E-state index contributed by atoms with van der Waals surface area (Å²) in [6.07, 6.45) is 20.3. The van der Waals surface area contributed by atoms with Gasteiger partial charge in [0.1, 0.15) is 10.7 Å². The molecular weight excluding hydrogens is 952 g/mol. The van der Waals surface area contributed by atoms with Crippen LogP contribution in [-0.2, 0) is 27.8 Å². The first-order valence-corrected chi connectivity index (χ1v) is 30.9. The summed E-state index contributed by atoms with van der Waals surface area (Å²) < 4.78 is 24.5. The highest BCUT2D eigenvalue weighted by molar-refractivity contribution is 8.14. The van der Waals surface area contributed by atoms with Crippen LogP contribution in [-0.4, -0.2) is 12.6 Å². The molecule has 6 rings (SSSR count). The average Bonchev–Trinajstić information content (AvgIpc) is 4.16. The van der Waals surface area contributed by atoms with Crippen LogP contribution in [0.2, 0.25) is 0 Å². The second-order valence-electron chi connectivity index (χ2n) is 21.4. The number of allylic oxidation sites excluding steroid dienone is 3. The molecule has 4 aromatic heterocycles. The van der Waals surface area contributed by atoms with E-state index in [1.54, 1.807) is 11.8 Å². The van der Waals surface area contributed by atoms with E-state index in [-0.39, 0.29) is 22.2 Å². The maximum atomic E-state index is 16.2. The Morgan fingerprint density at radius 1 is 0.750 bits per heavy atom. The number of unbranched alkanes of at least 4 members (excludes halogenated alkanes) is 8. The van der Waals surface area contributed by atoms with Gasteiger partial charge in [-0.15, -0.1) is 45.3 Å². The second-order valence-corrected chi connectivity index (χ2v) is 28.1. The maximum absolute atomic E-state index is 16.2. The molecule has 0 saturated heterocycles. The van der Waals surface area contributed by atoms with E-state index in [1.807, 2.05) is 45.3 Å². The number of esters is 1. The molecule has 0 saturated carbocycles. The van der Waals surface area contributed by atoms with Crippen molar-refractivity contribution in [3.63, 3.8) is 0 Å². The Balaban J connectivity index is 1.51. The zero-order valence-electron chi connectivity index (χ0n) is 43.4. The summed E-state index contributed by atoms with van der Waals surface area (Å²) in [6.45, 7) is 30.1. The van der Waals surface area contributed by atoms with Gasteiger partial charge in [0.05, 0.1) is 6.61 Å². The molecule has 2 unspecified atom stereocenters. The summed E-state index contributed by atoms with van der Waals surface area (Å²) in [5.74, 6) is 0.476. The zero-order chi connectivity index (χ0) is 49.2. The number of carbonyl (C=O) groups excluding carboxylic acids is 1. The van der Waals surface area contributed by atoms with Gasteiger partial charge in [-0.05, 0) is 89.7 Å². The predicted octanol–water partition coefficient (Wildman–Crippen LogP) is 22.0. The van der Waals surface area contributed by atoms with Gasteiger partial charge in [-0.3, -0.25) is 0 Å². The highest BCUT2D eigenvalue weighted by Gasteiger charge is 2.33. The molecule has 372 valence electrons. The number of benzene rings is 1. The zero-order valence-corrected chi connectivity index (χ0v) is 48.3. The summed E-state index contributed by atoms with van der Waals surface area (Å²) in [5, 5.41) is 2.59. The van der Waals surface area contributed by atoms with Gasteiger partial charge in [-0.2, -0.15) is 0 Å². The van der Waals surface area contributed by atoms with Crippen LogP contribution >= 0.6 is 68.9 Å². The number of thiophene rings is 4. The molecule has 1 aliphatic rings. The number of rotatable bonds is 26. The first-order valence-electron chi connectivity index (χ1n) is 26.0. The van der Waals surface area contributed by atoms with Gasteiger partial charge >= 0.3 is 5.97 Å². The predicted molar refractivity (Wildman–Crippen MR) is 309 cm³/mol. The van der Waals surface area contributed by atoms with Crippen molar-refractivity contribution in [2.45, 2.75) is 197 Å². The van der Waals surface area contributed by atoms with Crippen molar-refractivity contribution in [3.05, 3.63) is 83.0 Å². The normalized spacial score (nSPS) is 15.3. The van der Waals surface area contributed by atoms with E-state index in [4.69, 9.17) is 4.74 Å². The molecule has 0 bridgehead atoms. The van der Waals surface area contributed by atoms with Crippen molar-refractivity contribution in [3.8, 4) is 20.9 Å². The Bertz CT molecular complexity index is 2530. The van der Waals surface area contributed by atoms with Crippen LogP contribution in [0.1, 0.15) is 198 Å². The van der Waals surface area contributed by atoms with Crippen LogP contribution in [0.15, 0.2) is 63.5 Å². The third kappa shape index (κ3) is 14.3. The van der Waals surface area contributed by atoms with Crippen molar-refractivity contribution < 1.29 is 13.9 Å². The summed E-state index contributed by atoms with van der Waals surface area (Å²) in [7, 11) is 0. The molecule has 5 aromatic rings. The monoisotopic (exact) mass is 1030 g/mol. The lowest BCUT2D eigenvalue weighted by Crippen LogP contribution is -2.07. The van der Waals surface area contributed by atoms with E-state index >= 15 is 4.39 Å². The lowest BCUT2D eigenvalue weighted by Gasteiger charge is -2.22. The molecule has 68 heavy (non-hydrogen) atoms. The summed E-state index contributed by atoms with van der Waals surface area (Å²) >= 11 is 10.7. The maximum Gasteiger partial charge on any atom is 0.347 e. The van der Waals surface area contributed by atoms with Crippen molar-refractivity contribution in [2.75, 3.05) is 6.61 Å². The second kappa shape index (κ2) is 25.5. The summed E-state index contributed by atoms with van der Waals surface area (Å²) in [4.78, 5) is 24.5. The lowest BCUT2D eigenvalue weighted by atomic mass is 9.93. The first kappa shape index (κ1) is 55.2. The Morgan fingerprint density at radius 3 is 2.03 bits per heavy atom. The molecule has 0 spiro atoms. The Morgan fingerprint density at radius 2 is 1.37 bits per heavy atom. The van der Waals surface area contributed by atoms with Crippen LogP contribution in [0.5, 0.6) is 0 Å². The SMILES string of the molecule is C=C(S/C(=C1\CC(F)=C(C(=O)OCCCCCCCC)S1)c1cc2c(-c3ccc(CC(CC)CCCCC)s3)c3sc(C(C)(C)C)cc3c(-c3ccc(CCC(C)CCCC)s3)c2s1)C(C)(C)C. The minimum atomic E-state index is -0.539. The highest BCUT2D eigenvalue weighted by atomic mass is 32.2. The Labute approximate surface area is 435 Å². The van der Waals surface area contributed by atoms with E-state index < -0.39 is 11.8 Å². The van der Waals surface area contributed by atoms with Gasteiger partial charge in [0, 0.05) is 76.8 Å². The average molecular weight is 1030 g/mol. The van der Waals surface area contributed by atoms with E-state index in [0.717, 1.165) is 51.7 Å². The van der Waals surface area contributed by atoms with E-state index in [0.29, 0.717) is 18.4 Å². The molecular formula is C59H81FO2S6. The van der Waals surface area contributed by atoms with Gasteiger partial charge in [0.25, 0.3) is 0 Å². The molecule has 1 aromatic carbocycles. The van der Waals surface area contributed by atoms with E-state index in [2.05, 4.69) is 119 Å². The number of fused-ring (bicyclic) bond motifs is 2. The van der Waals surface area contributed by atoms with Crippen LogP contribution in [0, 0.1) is 17.3 Å². The van der Waals surface area contributed by atoms with Gasteiger partial charge in [0.15, 0.2) is 0 Å². The van der Waals surface area contributed by atoms with Crippen LogP contribution in [0.4, 0.5) is 4.39 Å². The molecule has 1 aliphatic heterocycles. The molecule has 9 heteroatoms. The molecule has 0 fully saturated rings. The number of hydrogen-bond donors (Lipinski definition) is 0.